The average Bonchev–Trinajstić information content (AvgIpc) is 2.81. The fraction of sp³-hybridized carbons (Fsp3) is 0.467. The number of halogens is 2. The molecule has 0 aliphatic carbocycles. The third-order valence-corrected chi connectivity index (χ3v) is 3.55. The molecule has 0 saturated carbocycles. The fourth-order valence-corrected chi connectivity index (χ4v) is 2.50. The van der Waals surface area contributed by atoms with E-state index in [0.717, 1.165) is 11.9 Å². The van der Waals surface area contributed by atoms with Crippen LogP contribution in [0.3, 0.4) is 0 Å². The van der Waals surface area contributed by atoms with Crippen molar-refractivity contribution >= 4 is 28.5 Å². The predicted octanol–water partition coefficient (Wildman–Crippen LogP) is 3.04. The molecule has 0 bridgehead atoms. The van der Waals surface area contributed by atoms with Crippen molar-refractivity contribution < 1.29 is 9.18 Å². The van der Waals surface area contributed by atoms with E-state index in [2.05, 4.69) is 10.3 Å². The normalized spacial score (nSPS) is 12.6. The predicted molar refractivity (Wildman–Crippen MR) is 82.1 cm³/mol. The average molecular weight is 312 g/mol. The van der Waals surface area contributed by atoms with Crippen molar-refractivity contribution in [2.75, 3.05) is 12.4 Å². The number of imidazole rings is 1. The lowest BCUT2D eigenvalue weighted by Gasteiger charge is -2.17. The highest BCUT2D eigenvalue weighted by atomic mass is 35.5. The fourth-order valence-electron chi connectivity index (χ4n) is 2.33. The van der Waals surface area contributed by atoms with Gasteiger partial charge in [0.1, 0.15) is 17.7 Å². The lowest BCUT2D eigenvalue weighted by molar-refractivity contribution is -0.123. The van der Waals surface area contributed by atoms with Gasteiger partial charge in [-0.2, -0.15) is 0 Å². The molecule has 1 unspecified atom stereocenters. The molecule has 0 spiro atoms. The van der Waals surface area contributed by atoms with Crippen molar-refractivity contribution in [3.63, 3.8) is 0 Å². The topological polar surface area (TPSA) is 46.9 Å². The van der Waals surface area contributed by atoms with Crippen LogP contribution in [0, 0.1) is 5.82 Å². The minimum Gasteiger partial charge on any atom is -0.354 e. The van der Waals surface area contributed by atoms with Crippen molar-refractivity contribution in [3.05, 3.63) is 29.8 Å². The number of benzene rings is 1. The minimum atomic E-state index is -0.412. The number of amides is 1. The molecular formula is C15H19ClFN3O. The molecule has 0 radical (unpaired) electrons. The Labute approximate surface area is 128 Å². The van der Waals surface area contributed by atoms with E-state index >= 15 is 0 Å². The second-order valence-electron chi connectivity index (χ2n) is 4.94. The molecular weight excluding hydrogens is 293 g/mol. The van der Waals surface area contributed by atoms with Crippen LogP contribution in [-0.4, -0.2) is 27.9 Å². The molecule has 4 nitrogen and oxygen atoms in total. The summed E-state index contributed by atoms with van der Waals surface area (Å²) in [5, 5.41) is 2.87. The minimum absolute atomic E-state index is 0.0729. The summed E-state index contributed by atoms with van der Waals surface area (Å²) >= 11 is 5.81. The van der Waals surface area contributed by atoms with E-state index in [4.69, 9.17) is 11.6 Å². The first-order valence-electron chi connectivity index (χ1n) is 7.08. The number of fused-ring (bicyclic) bond motifs is 1. The van der Waals surface area contributed by atoms with Crippen LogP contribution in [0.5, 0.6) is 0 Å². The maximum absolute atomic E-state index is 13.3. The summed E-state index contributed by atoms with van der Waals surface area (Å²) in [6.45, 7) is 4.45. The summed E-state index contributed by atoms with van der Waals surface area (Å²) in [5.41, 5.74) is 1.29. The monoisotopic (exact) mass is 311 g/mol. The Morgan fingerprint density at radius 3 is 2.95 bits per heavy atom. The molecule has 1 atom stereocenters. The molecule has 1 N–H and O–H groups in total. The van der Waals surface area contributed by atoms with Gasteiger partial charge in [-0.25, -0.2) is 9.37 Å². The number of rotatable bonds is 6. The van der Waals surface area contributed by atoms with Gasteiger partial charge in [-0.3, -0.25) is 4.79 Å². The second-order valence-corrected chi connectivity index (χ2v) is 5.32. The SMILES string of the molecule is CCCNC(=O)C(C)n1c(CCCl)nc2cc(F)ccc21. The van der Waals surface area contributed by atoms with Gasteiger partial charge in [0.15, 0.2) is 0 Å². The number of nitrogens with zero attached hydrogens (tertiary/aromatic N) is 2. The summed E-state index contributed by atoms with van der Waals surface area (Å²) in [5.74, 6) is 0.684. The third kappa shape index (κ3) is 3.35. The standard InChI is InChI=1S/C15H19ClFN3O/c1-3-8-18-15(21)10(2)20-13-5-4-11(17)9-12(13)19-14(20)6-7-16/h4-5,9-10H,3,6-8H2,1-2H3,(H,18,21). The Morgan fingerprint density at radius 2 is 2.29 bits per heavy atom. The molecule has 1 heterocycles. The van der Waals surface area contributed by atoms with E-state index in [1.165, 1.54) is 12.1 Å². The van der Waals surface area contributed by atoms with Crippen molar-refractivity contribution in [1.82, 2.24) is 14.9 Å². The summed E-state index contributed by atoms with van der Waals surface area (Å²) in [6.07, 6.45) is 1.41. The van der Waals surface area contributed by atoms with Gasteiger partial charge >= 0.3 is 0 Å². The summed E-state index contributed by atoms with van der Waals surface area (Å²) in [6, 6.07) is 3.99. The van der Waals surface area contributed by atoms with Crippen molar-refractivity contribution in [1.29, 1.82) is 0 Å². The Hall–Kier alpha value is -1.62. The second kappa shape index (κ2) is 6.89. The van der Waals surface area contributed by atoms with E-state index < -0.39 is 6.04 Å². The van der Waals surface area contributed by atoms with Gasteiger partial charge in [-0.15, -0.1) is 11.6 Å². The van der Waals surface area contributed by atoms with Crippen LogP contribution >= 0.6 is 11.6 Å². The van der Waals surface area contributed by atoms with Crippen LogP contribution in [0.2, 0.25) is 0 Å². The molecule has 1 amide bonds. The molecule has 6 heteroatoms. The van der Waals surface area contributed by atoms with Crippen LogP contribution in [-0.2, 0) is 11.2 Å². The smallest absolute Gasteiger partial charge is 0.242 e. The van der Waals surface area contributed by atoms with Gasteiger partial charge in [0, 0.05) is 24.9 Å². The van der Waals surface area contributed by atoms with E-state index in [1.807, 2.05) is 18.4 Å². The van der Waals surface area contributed by atoms with Crippen LogP contribution in [0.25, 0.3) is 11.0 Å². The zero-order valence-electron chi connectivity index (χ0n) is 12.2. The van der Waals surface area contributed by atoms with Crippen LogP contribution < -0.4 is 5.32 Å². The molecule has 1 aromatic heterocycles. The Kier molecular flexibility index (Phi) is 5.17. The lowest BCUT2D eigenvalue weighted by Crippen LogP contribution is -2.32. The number of alkyl halides is 1. The maximum Gasteiger partial charge on any atom is 0.242 e. The number of carbonyl (C=O) groups is 1. The van der Waals surface area contributed by atoms with E-state index in [1.54, 1.807) is 6.07 Å². The van der Waals surface area contributed by atoms with Crippen molar-refractivity contribution in [2.24, 2.45) is 0 Å². The lowest BCUT2D eigenvalue weighted by atomic mass is 10.2. The van der Waals surface area contributed by atoms with E-state index in [0.29, 0.717) is 30.2 Å². The van der Waals surface area contributed by atoms with Crippen LogP contribution in [0.4, 0.5) is 4.39 Å². The Bertz CT molecular complexity index is 641. The molecule has 1 aromatic carbocycles. The number of hydrogen-bond acceptors (Lipinski definition) is 2. The zero-order chi connectivity index (χ0) is 15.4. The highest BCUT2D eigenvalue weighted by Crippen LogP contribution is 2.23. The number of aryl methyl sites for hydroxylation is 1. The highest BCUT2D eigenvalue weighted by Gasteiger charge is 2.21. The molecule has 2 rings (SSSR count). The van der Waals surface area contributed by atoms with Gasteiger partial charge < -0.3 is 9.88 Å². The molecule has 21 heavy (non-hydrogen) atoms. The van der Waals surface area contributed by atoms with Gasteiger partial charge in [-0.1, -0.05) is 6.92 Å². The molecule has 0 aliphatic heterocycles. The van der Waals surface area contributed by atoms with Gasteiger partial charge in [0.2, 0.25) is 5.91 Å². The van der Waals surface area contributed by atoms with Crippen LogP contribution in [0.1, 0.15) is 32.1 Å². The van der Waals surface area contributed by atoms with E-state index in [9.17, 15) is 9.18 Å². The number of aromatic nitrogens is 2. The highest BCUT2D eigenvalue weighted by molar-refractivity contribution is 6.17. The Balaban J connectivity index is 2.44. The largest absolute Gasteiger partial charge is 0.354 e. The van der Waals surface area contributed by atoms with Gasteiger partial charge in [0.05, 0.1) is 11.0 Å². The number of hydrogen-bond donors (Lipinski definition) is 1. The maximum atomic E-state index is 13.3. The zero-order valence-corrected chi connectivity index (χ0v) is 13.0. The summed E-state index contributed by atoms with van der Waals surface area (Å²) < 4.78 is 15.2. The van der Waals surface area contributed by atoms with Crippen molar-refractivity contribution in [2.45, 2.75) is 32.7 Å². The number of nitrogens with one attached hydrogen (secondary N) is 1. The summed E-state index contributed by atoms with van der Waals surface area (Å²) in [4.78, 5) is 16.6. The first kappa shape index (κ1) is 15.8. The molecule has 0 fully saturated rings. The molecule has 114 valence electrons. The van der Waals surface area contributed by atoms with Crippen LogP contribution in [0.15, 0.2) is 18.2 Å². The van der Waals surface area contributed by atoms with Gasteiger partial charge in [-0.05, 0) is 25.5 Å². The van der Waals surface area contributed by atoms with Crippen molar-refractivity contribution in [3.8, 4) is 0 Å². The molecule has 2 aromatic rings. The first-order chi connectivity index (χ1) is 10.1. The Morgan fingerprint density at radius 1 is 1.52 bits per heavy atom. The molecule has 0 aliphatic rings. The number of carbonyl (C=O) groups excluding carboxylic acids is 1. The van der Waals surface area contributed by atoms with E-state index in [-0.39, 0.29) is 11.7 Å². The quantitative estimate of drug-likeness (QED) is 0.834. The third-order valence-electron chi connectivity index (χ3n) is 3.36. The summed E-state index contributed by atoms with van der Waals surface area (Å²) in [7, 11) is 0. The molecule has 0 saturated heterocycles. The first-order valence-corrected chi connectivity index (χ1v) is 7.62. The van der Waals surface area contributed by atoms with Gasteiger partial charge in [0.25, 0.3) is 0 Å².